The highest BCUT2D eigenvalue weighted by molar-refractivity contribution is 5.99. The predicted molar refractivity (Wildman–Crippen MR) is 110 cm³/mol. The number of allylic oxidation sites excluding steroid dienone is 2. The summed E-state index contributed by atoms with van der Waals surface area (Å²) in [6.45, 7) is 4.48. The second kappa shape index (κ2) is 5.43. The van der Waals surface area contributed by atoms with E-state index in [-0.39, 0.29) is 5.41 Å². The van der Waals surface area contributed by atoms with E-state index in [1.807, 2.05) is 12.4 Å². The average molecular weight is 336 g/mol. The summed E-state index contributed by atoms with van der Waals surface area (Å²) in [5.74, 6) is 0. The van der Waals surface area contributed by atoms with E-state index in [0.29, 0.717) is 0 Å². The van der Waals surface area contributed by atoms with Crippen LogP contribution in [-0.4, -0.2) is 9.55 Å². The van der Waals surface area contributed by atoms with Gasteiger partial charge in [-0.15, -0.1) is 0 Å². The Morgan fingerprint density at radius 1 is 0.846 bits per heavy atom. The molecule has 5 rings (SSSR count). The summed E-state index contributed by atoms with van der Waals surface area (Å²) >= 11 is 0. The number of aromatic nitrogens is 2. The Morgan fingerprint density at radius 2 is 1.69 bits per heavy atom. The molecule has 2 heterocycles. The van der Waals surface area contributed by atoms with Gasteiger partial charge in [0.2, 0.25) is 0 Å². The first kappa shape index (κ1) is 15.2. The molecule has 1 aliphatic carbocycles. The fraction of sp³-hybridized carbons (Fsp3) is 0.125. The fourth-order valence-corrected chi connectivity index (χ4v) is 3.83. The van der Waals surface area contributed by atoms with E-state index in [4.69, 9.17) is 0 Å². The van der Waals surface area contributed by atoms with Crippen LogP contribution in [-0.2, 0) is 0 Å². The van der Waals surface area contributed by atoms with Gasteiger partial charge in [0.1, 0.15) is 0 Å². The van der Waals surface area contributed by atoms with Crippen LogP contribution in [0, 0.1) is 5.41 Å². The van der Waals surface area contributed by atoms with E-state index in [1.54, 1.807) is 0 Å². The zero-order chi connectivity index (χ0) is 17.7. The van der Waals surface area contributed by atoms with Gasteiger partial charge in [0, 0.05) is 39.5 Å². The van der Waals surface area contributed by atoms with Crippen LogP contribution in [0.5, 0.6) is 0 Å². The van der Waals surface area contributed by atoms with Crippen molar-refractivity contribution in [2.24, 2.45) is 5.41 Å². The number of nitrogens with zero attached hydrogens (tertiary/aromatic N) is 2. The molecule has 1 aliphatic rings. The third-order valence-corrected chi connectivity index (χ3v) is 5.20. The molecule has 126 valence electrons. The molecule has 4 aromatic rings. The highest BCUT2D eigenvalue weighted by atomic mass is 15.0. The Hall–Kier alpha value is -3.13. The molecule has 0 saturated carbocycles. The molecule has 0 spiro atoms. The number of benzene rings is 2. The molecule has 0 N–H and O–H groups in total. The lowest BCUT2D eigenvalue weighted by atomic mass is 9.93. The third-order valence-electron chi connectivity index (χ3n) is 5.20. The predicted octanol–water partition coefficient (Wildman–Crippen LogP) is 6.24. The van der Waals surface area contributed by atoms with E-state index < -0.39 is 0 Å². The summed E-state index contributed by atoms with van der Waals surface area (Å²) in [6.07, 6.45) is 12.9. The molecule has 0 atom stereocenters. The minimum atomic E-state index is 0.0492. The Kier molecular flexibility index (Phi) is 3.17. The SMILES string of the molecule is CC1(C)C=Cc2c(n(-c3cccc4cnccc34)c3ccccc23)C=C1. The standard InChI is InChI=1S/C24H20N2/c1-24(2)13-10-20-19-7-3-4-8-22(19)26(23(20)11-14-24)21-9-5-6-17-16-25-15-12-18(17)21/h3-16H,1-2H3. The van der Waals surface area contributed by atoms with Crippen LogP contribution in [0.3, 0.4) is 0 Å². The Labute approximate surface area is 153 Å². The van der Waals surface area contributed by atoms with Crippen LogP contribution in [0.25, 0.3) is 39.5 Å². The molecule has 2 heteroatoms. The molecule has 0 bridgehead atoms. The van der Waals surface area contributed by atoms with Crippen LogP contribution in [0.1, 0.15) is 25.1 Å². The van der Waals surface area contributed by atoms with Crippen molar-refractivity contribution in [1.82, 2.24) is 9.55 Å². The molecule has 0 unspecified atom stereocenters. The molecule has 0 saturated heterocycles. The topological polar surface area (TPSA) is 17.8 Å². The summed E-state index contributed by atoms with van der Waals surface area (Å²) in [5.41, 5.74) is 5.00. The number of para-hydroxylation sites is 1. The second-order valence-corrected chi connectivity index (χ2v) is 7.51. The van der Waals surface area contributed by atoms with Crippen molar-refractivity contribution in [3.63, 3.8) is 0 Å². The van der Waals surface area contributed by atoms with Crippen LogP contribution in [0.4, 0.5) is 0 Å². The van der Waals surface area contributed by atoms with Gasteiger partial charge in [0.15, 0.2) is 0 Å². The van der Waals surface area contributed by atoms with Crippen molar-refractivity contribution < 1.29 is 0 Å². The van der Waals surface area contributed by atoms with Gasteiger partial charge in [-0.2, -0.15) is 0 Å². The van der Waals surface area contributed by atoms with E-state index in [0.717, 1.165) is 5.39 Å². The Bertz CT molecular complexity index is 1200. The van der Waals surface area contributed by atoms with E-state index >= 15 is 0 Å². The first-order valence-electron chi connectivity index (χ1n) is 8.99. The maximum atomic E-state index is 4.28. The number of pyridine rings is 1. The highest BCUT2D eigenvalue weighted by Gasteiger charge is 2.20. The van der Waals surface area contributed by atoms with Gasteiger partial charge >= 0.3 is 0 Å². The van der Waals surface area contributed by atoms with Gasteiger partial charge in [-0.1, -0.05) is 62.4 Å². The second-order valence-electron chi connectivity index (χ2n) is 7.51. The van der Waals surface area contributed by atoms with Gasteiger partial charge in [0.05, 0.1) is 16.9 Å². The van der Waals surface area contributed by atoms with Gasteiger partial charge in [-0.25, -0.2) is 0 Å². The lowest BCUT2D eigenvalue weighted by molar-refractivity contribution is 0.633. The molecule has 2 nitrogen and oxygen atoms in total. The zero-order valence-corrected chi connectivity index (χ0v) is 15.0. The molecule has 0 aliphatic heterocycles. The van der Waals surface area contributed by atoms with Crippen molar-refractivity contribution in [1.29, 1.82) is 0 Å². The maximum absolute atomic E-state index is 4.28. The normalized spacial score (nSPS) is 15.3. The largest absolute Gasteiger partial charge is 0.309 e. The van der Waals surface area contributed by atoms with Crippen molar-refractivity contribution in [3.05, 3.63) is 84.3 Å². The van der Waals surface area contributed by atoms with Gasteiger partial charge in [-0.05, 0) is 24.3 Å². The monoisotopic (exact) mass is 336 g/mol. The minimum Gasteiger partial charge on any atom is -0.309 e. The molecule has 2 aromatic carbocycles. The quantitative estimate of drug-likeness (QED) is 0.402. The molecule has 0 fully saturated rings. The van der Waals surface area contributed by atoms with Crippen molar-refractivity contribution >= 4 is 33.8 Å². The van der Waals surface area contributed by atoms with E-state index in [2.05, 4.69) is 96.2 Å². The summed E-state index contributed by atoms with van der Waals surface area (Å²) < 4.78 is 2.38. The van der Waals surface area contributed by atoms with E-state index in [9.17, 15) is 0 Å². The Balaban J connectivity index is 1.93. The summed E-state index contributed by atoms with van der Waals surface area (Å²) in [4.78, 5) is 4.28. The molecule has 0 amide bonds. The Morgan fingerprint density at radius 3 is 2.62 bits per heavy atom. The first-order valence-corrected chi connectivity index (χ1v) is 8.99. The zero-order valence-electron chi connectivity index (χ0n) is 15.0. The fourth-order valence-electron chi connectivity index (χ4n) is 3.83. The highest BCUT2D eigenvalue weighted by Crippen LogP contribution is 2.37. The lowest BCUT2D eigenvalue weighted by Gasteiger charge is -2.14. The molecular formula is C24H20N2. The van der Waals surface area contributed by atoms with Crippen LogP contribution in [0.2, 0.25) is 0 Å². The van der Waals surface area contributed by atoms with Gasteiger partial charge in [-0.3, -0.25) is 4.98 Å². The van der Waals surface area contributed by atoms with Crippen molar-refractivity contribution in [2.45, 2.75) is 13.8 Å². The summed E-state index contributed by atoms with van der Waals surface area (Å²) in [5, 5.41) is 3.66. The molecular weight excluding hydrogens is 316 g/mol. The first-order chi connectivity index (χ1) is 12.6. The lowest BCUT2D eigenvalue weighted by Crippen LogP contribution is -2.01. The molecule has 2 aromatic heterocycles. The van der Waals surface area contributed by atoms with Crippen LogP contribution in [0.15, 0.2) is 73.1 Å². The van der Waals surface area contributed by atoms with Gasteiger partial charge < -0.3 is 4.57 Å². The van der Waals surface area contributed by atoms with Crippen LogP contribution < -0.4 is 0 Å². The number of hydrogen-bond acceptors (Lipinski definition) is 1. The average Bonchev–Trinajstić information content (AvgIpc) is 2.88. The summed E-state index contributed by atoms with van der Waals surface area (Å²) in [7, 11) is 0. The molecule has 0 radical (unpaired) electrons. The summed E-state index contributed by atoms with van der Waals surface area (Å²) in [6, 6.07) is 17.2. The minimum absolute atomic E-state index is 0.0492. The third kappa shape index (κ3) is 2.22. The van der Waals surface area contributed by atoms with E-state index in [1.165, 1.54) is 33.2 Å². The number of rotatable bonds is 1. The molecule has 26 heavy (non-hydrogen) atoms. The maximum Gasteiger partial charge on any atom is 0.0541 e. The number of hydrogen-bond donors (Lipinski definition) is 0. The number of fused-ring (bicyclic) bond motifs is 4. The van der Waals surface area contributed by atoms with Crippen molar-refractivity contribution in [2.75, 3.05) is 0 Å². The van der Waals surface area contributed by atoms with Crippen molar-refractivity contribution in [3.8, 4) is 5.69 Å². The van der Waals surface area contributed by atoms with Crippen LogP contribution >= 0.6 is 0 Å². The van der Waals surface area contributed by atoms with Gasteiger partial charge in [0.25, 0.3) is 0 Å². The smallest absolute Gasteiger partial charge is 0.0541 e.